The fraction of sp³-hybridized carbons (Fsp3) is 0.389. The highest BCUT2D eigenvalue weighted by molar-refractivity contribution is 5.90. The van der Waals surface area contributed by atoms with Crippen LogP contribution in [0.2, 0.25) is 0 Å². The first-order valence-corrected chi connectivity index (χ1v) is 8.22. The summed E-state index contributed by atoms with van der Waals surface area (Å²) in [6, 6.07) is 1.71. The second-order valence-corrected chi connectivity index (χ2v) is 7.18. The van der Waals surface area contributed by atoms with E-state index >= 15 is 0 Å². The summed E-state index contributed by atoms with van der Waals surface area (Å²) in [7, 11) is 0. The average Bonchev–Trinajstić information content (AvgIpc) is 3.27. The van der Waals surface area contributed by atoms with E-state index in [-0.39, 0.29) is 11.2 Å². The highest BCUT2D eigenvalue weighted by Crippen LogP contribution is 2.30. The first-order chi connectivity index (χ1) is 12.3. The van der Waals surface area contributed by atoms with Gasteiger partial charge in [-0.15, -0.1) is 0 Å². The zero-order valence-corrected chi connectivity index (χ0v) is 15.1. The Morgan fingerprint density at radius 3 is 2.08 bits per heavy atom. The van der Waals surface area contributed by atoms with E-state index in [1.165, 1.54) is 12.8 Å². The minimum absolute atomic E-state index is 0.160. The predicted octanol–water partition coefficient (Wildman–Crippen LogP) is 2.85. The van der Waals surface area contributed by atoms with Crippen molar-refractivity contribution in [2.24, 2.45) is 5.73 Å². The lowest BCUT2D eigenvalue weighted by Gasteiger charge is -2.23. The van der Waals surface area contributed by atoms with Crippen LogP contribution in [0.15, 0.2) is 44.6 Å². The number of rotatable bonds is 7. The maximum absolute atomic E-state index is 11.6. The van der Waals surface area contributed by atoms with Gasteiger partial charge in [0.15, 0.2) is 18.5 Å². The lowest BCUT2D eigenvalue weighted by Crippen LogP contribution is -2.24. The molecule has 1 amide bonds. The third-order valence-electron chi connectivity index (χ3n) is 3.87. The van der Waals surface area contributed by atoms with Crippen molar-refractivity contribution in [2.45, 2.75) is 45.8 Å². The largest absolute Gasteiger partial charge is 0.455 e. The van der Waals surface area contributed by atoms with Crippen molar-refractivity contribution in [3.05, 3.63) is 59.9 Å². The summed E-state index contributed by atoms with van der Waals surface area (Å²) in [6.45, 7) is 7.70. The molecule has 3 aromatic rings. The van der Waals surface area contributed by atoms with E-state index in [2.05, 4.69) is 14.9 Å². The molecule has 0 bridgehead atoms. The Hall–Kier alpha value is -2.87. The van der Waals surface area contributed by atoms with E-state index in [0.29, 0.717) is 19.6 Å². The standard InChI is InChI=1S/C18H22N4O4/c1-18(2,3)16-12(4-15(26-16)17(19)23)5-22(6-13-8-24-10-20-13)7-14-9-25-11-21-14/h4,8-11H,5-7H2,1-3H3,(H2,19,23). The maximum Gasteiger partial charge on any atom is 0.284 e. The zero-order valence-electron chi connectivity index (χ0n) is 15.1. The first-order valence-electron chi connectivity index (χ1n) is 8.22. The highest BCUT2D eigenvalue weighted by Gasteiger charge is 2.26. The van der Waals surface area contributed by atoms with Crippen LogP contribution in [0.5, 0.6) is 0 Å². The smallest absolute Gasteiger partial charge is 0.284 e. The molecular weight excluding hydrogens is 336 g/mol. The van der Waals surface area contributed by atoms with Gasteiger partial charge in [0.2, 0.25) is 0 Å². The molecule has 138 valence electrons. The second-order valence-electron chi connectivity index (χ2n) is 7.18. The van der Waals surface area contributed by atoms with E-state index in [4.69, 9.17) is 19.0 Å². The van der Waals surface area contributed by atoms with Crippen molar-refractivity contribution in [1.82, 2.24) is 14.9 Å². The van der Waals surface area contributed by atoms with Gasteiger partial charge in [0.1, 0.15) is 18.3 Å². The Labute approximate surface area is 151 Å². The molecule has 0 unspecified atom stereocenters. The second kappa shape index (κ2) is 7.17. The normalized spacial score (nSPS) is 12.0. The van der Waals surface area contributed by atoms with E-state index in [0.717, 1.165) is 22.7 Å². The van der Waals surface area contributed by atoms with Gasteiger partial charge in [-0.25, -0.2) is 9.97 Å². The van der Waals surface area contributed by atoms with Crippen LogP contribution in [-0.4, -0.2) is 20.8 Å². The molecule has 0 aromatic carbocycles. The number of hydrogen-bond acceptors (Lipinski definition) is 7. The summed E-state index contributed by atoms with van der Waals surface area (Å²) in [5.74, 6) is 0.311. The summed E-state index contributed by atoms with van der Waals surface area (Å²) >= 11 is 0. The molecule has 26 heavy (non-hydrogen) atoms. The molecule has 3 heterocycles. The monoisotopic (exact) mass is 358 g/mol. The molecule has 2 N–H and O–H groups in total. The molecule has 8 nitrogen and oxygen atoms in total. The third-order valence-corrected chi connectivity index (χ3v) is 3.87. The zero-order chi connectivity index (χ0) is 18.7. The first kappa shape index (κ1) is 17.9. The van der Waals surface area contributed by atoms with E-state index in [1.807, 2.05) is 20.8 Å². The Kier molecular flexibility index (Phi) is 4.94. The molecule has 0 aliphatic carbocycles. The van der Waals surface area contributed by atoms with Gasteiger partial charge < -0.3 is 19.0 Å². The molecule has 0 saturated carbocycles. The Morgan fingerprint density at radius 2 is 1.65 bits per heavy atom. The number of aromatic nitrogens is 2. The summed E-state index contributed by atoms with van der Waals surface area (Å²) < 4.78 is 15.9. The summed E-state index contributed by atoms with van der Waals surface area (Å²) in [6.07, 6.45) is 6.00. The van der Waals surface area contributed by atoms with E-state index < -0.39 is 5.91 Å². The lowest BCUT2D eigenvalue weighted by atomic mass is 9.90. The van der Waals surface area contributed by atoms with Gasteiger partial charge in [-0.3, -0.25) is 9.69 Å². The van der Waals surface area contributed by atoms with E-state index in [1.54, 1.807) is 18.6 Å². The molecule has 0 saturated heterocycles. The molecule has 0 spiro atoms. The molecule has 8 heteroatoms. The van der Waals surface area contributed by atoms with Crippen molar-refractivity contribution in [3.63, 3.8) is 0 Å². The van der Waals surface area contributed by atoms with Crippen LogP contribution in [0.4, 0.5) is 0 Å². The Bertz CT molecular complexity index is 808. The number of carbonyl (C=O) groups is 1. The van der Waals surface area contributed by atoms with Crippen molar-refractivity contribution in [2.75, 3.05) is 0 Å². The van der Waals surface area contributed by atoms with Gasteiger partial charge in [0.25, 0.3) is 5.91 Å². The highest BCUT2D eigenvalue weighted by atomic mass is 16.4. The molecule has 3 aromatic heterocycles. The summed E-state index contributed by atoms with van der Waals surface area (Å²) in [5.41, 5.74) is 7.62. The molecule has 0 aliphatic heterocycles. The molecular formula is C18H22N4O4. The fourth-order valence-corrected chi connectivity index (χ4v) is 2.80. The van der Waals surface area contributed by atoms with Crippen molar-refractivity contribution >= 4 is 5.91 Å². The fourth-order valence-electron chi connectivity index (χ4n) is 2.80. The van der Waals surface area contributed by atoms with Crippen LogP contribution >= 0.6 is 0 Å². The topological polar surface area (TPSA) is 112 Å². The third kappa shape index (κ3) is 4.20. The quantitative estimate of drug-likeness (QED) is 0.691. The van der Waals surface area contributed by atoms with Gasteiger partial charge in [0, 0.05) is 30.6 Å². The number of furan rings is 1. The predicted molar refractivity (Wildman–Crippen MR) is 91.9 cm³/mol. The maximum atomic E-state index is 11.6. The Morgan fingerprint density at radius 1 is 1.08 bits per heavy atom. The minimum atomic E-state index is -0.582. The number of oxazole rings is 2. The number of carbonyl (C=O) groups excluding carboxylic acids is 1. The van der Waals surface area contributed by atoms with Gasteiger partial charge in [-0.1, -0.05) is 20.8 Å². The molecule has 0 aliphatic rings. The molecule has 0 fully saturated rings. The van der Waals surface area contributed by atoms with Crippen LogP contribution in [0.1, 0.15) is 54.0 Å². The molecule has 0 radical (unpaired) electrons. The van der Waals surface area contributed by atoms with Crippen LogP contribution in [0.3, 0.4) is 0 Å². The van der Waals surface area contributed by atoms with Crippen molar-refractivity contribution in [1.29, 1.82) is 0 Å². The number of nitrogens with zero attached hydrogens (tertiary/aromatic N) is 3. The van der Waals surface area contributed by atoms with Crippen molar-refractivity contribution in [3.8, 4) is 0 Å². The van der Waals surface area contributed by atoms with Crippen LogP contribution < -0.4 is 5.73 Å². The van der Waals surface area contributed by atoms with Crippen LogP contribution in [0.25, 0.3) is 0 Å². The van der Waals surface area contributed by atoms with Crippen LogP contribution in [0, 0.1) is 0 Å². The molecule has 3 rings (SSSR count). The van der Waals surface area contributed by atoms with Gasteiger partial charge in [0.05, 0.1) is 11.4 Å². The minimum Gasteiger partial charge on any atom is -0.455 e. The van der Waals surface area contributed by atoms with Gasteiger partial charge in [-0.05, 0) is 6.07 Å². The number of nitrogens with two attached hydrogens (primary N) is 1. The van der Waals surface area contributed by atoms with Gasteiger partial charge >= 0.3 is 0 Å². The van der Waals surface area contributed by atoms with Crippen LogP contribution in [-0.2, 0) is 25.0 Å². The van der Waals surface area contributed by atoms with Gasteiger partial charge in [-0.2, -0.15) is 0 Å². The number of primary amides is 1. The average molecular weight is 358 g/mol. The summed E-state index contributed by atoms with van der Waals surface area (Å²) in [5, 5.41) is 0. The molecule has 0 atom stereocenters. The lowest BCUT2D eigenvalue weighted by molar-refractivity contribution is 0.0970. The van der Waals surface area contributed by atoms with E-state index in [9.17, 15) is 4.79 Å². The number of hydrogen-bond donors (Lipinski definition) is 1. The summed E-state index contributed by atoms with van der Waals surface area (Å²) in [4.78, 5) is 22.0. The SMILES string of the molecule is CC(C)(C)c1oc(C(N)=O)cc1CN(Cc1cocn1)Cc1cocn1. The van der Waals surface area contributed by atoms with Crippen molar-refractivity contribution < 1.29 is 18.0 Å². The Balaban J connectivity index is 1.88. The number of amides is 1.